The quantitative estimate of drug-likeness (QED) is 0.0573. The number of hydrogen-bond donors (Lipinski definition) is 0. The van der Waals surface area contributed by atoms with Gasteiger partial charge >= 0.3 is 0 Å². The third-order valence-electron chi connectivity index (χ3n) is 13.2. The van der Waals surface area contributed by atoms with Crippen LogP contribution in [0.15, 0.2) is 0 Å². The first kappa shape index (κ1) is 59.0. The Morgan fingerprint density at radius 1 is 0.328 bits per heavy atom. The van der Waals surface area contributed by atoms with E-state index in [0.717, 1.165) is 51.4 Å². The average Bonchev–Trinajstić information content (AvgIpc) is 3.21. The highest BCUT2D eigenvalue weighted by Gasteiger charge is 2.22. The molecule has 0 saturated heterocycles. The van der Waals surface area contributed by atoms with Crippen LogP contribution in [0.25, 0.3) is 0 Å². The Bertz CT molecular complexity index is 811. The van der Waals surface area contributed by atoms with Crippen molar-refractivity contribution < 1.29 is 19.8 Å². The van der Waals surface area contributed by atoms with Gasteiger partial charge in [-0.1, -0.05) is 279 Å². The molecule has 0 spiro atoms. The molecule has 4 atom stereocenters. The molecule has 0 aromatic carbocycles. The minimum Gasteiger partial charge on any atom is -0.550 e. The lowest BCUT2D eigenvalue weighted by atomic mass is 9.80. The zero-order valence-electron chi connectivity index (χ0n) is 40.6. The zero-order chi connectivity index (χ0) is 43.2. The monoisotopic (exact) mass is 819 g/mol. The van der Waals surface area contributed by atoms with Crippen LogP contribution in [0.2, 0.25) is 0 Å². The summed E-state index contributed by atoms with van der Waals surface area (Å²) >= 11 is 0. The van der Waals surface area contributed by atoms with E-state index >= 15 is 0 Å². The fraction of sp³-hybridized carbons (Fsp3) is 0.963. The average molecular weight is 819 g/mol. The van der Waals surface area contributed by atoms with Gasteiger partial charge in [-0.15, -0.1) is 0 Å². The Hall–Kier alpha value is -1.06. The summed E-state index contributed by atoms with van der Waals surface area (Å²) in [7, 11) is 0. The van der Waals surface area contributed by atoms with Gasteiger partial charge in [0.15, 0.2) is 0 Å². The maximum absolute atomic E-state index is 12.1. The number of carbonyl (C=O) groups is 2. The second-order valence-electron chi connectivity index (χ2n) is 18.8. The maximum Gasteiger partial charge on any atom is 0.0448 e. The molecule has 0 amide bonds. The van der Waals surface area contributed by atoms with Gasteiger partial charge in [0.2, 0.25) is 0 Å². The van der Waals surface area contributed by atoms with Crippen molar-refractivity contribution in [3.8, 4) is 0 Å². The lowest BCUT2D eigenvalue weighted by Crippen LogP contribution is -2.36. The molecule has 0 bridgehead atoms. The van der Waals surface area contributed by atoms with Crippen LogP contribution >= 0.6 is 0 Å². The standard InChI is InChI=1S/C34H68O2.C20H40O2/c1-4-7-10-13-15-16-17-18-19-20-21-23-25-28-31-33(34(35)36)32(29-26-12-9-6-3)30-27-24-22-14-11-8-5-2;1-4-7-9-10-11-12-13-14-16-19(20(21)22)17-18(6-3)15-8-5-2/h32-33H,4-31H2,1-3H3,(H,35,36);18-19H,4-17H2,1-3H3,(H,21,22)/p-2. The fourth-order valence-corrected chi connectivity index (χ4v) is 9.09. The van der Waals surface area contributed by atoms with Crippen LogP contribution in [0, 0.1) is 23.7 Å². The van der Waals surface area contributed by atoms with E-state index in [9.17, 15) is 19.8 Å². The van der Waals surface area contributed by atoms with E-state index in [2.05, 4.69) is 41.5 Å². The van der Waals surface area contributed by atoms with Gasteiger partial charge in [-0.05, 0) is 49.9 Å². The van der Waals surface area contributed by atoms with Gasteiger partial charge in [0.05, 0.1) is 0 Å². The number of carboxylic acid groups (broad SMARTS) is 2. The van der Waals surface area contributed by atoms with Crippen LogP contribution in [0.1, 0.15) is 311 Å². The Labute approximate surface area is 365 Å². The first-order valence-electron chi connectivity index (χ1n) is 26.7. The molecule has 4 nitrogen and oxygen atoms in total. The van der Waals surface area contributed by atoms with Crippen molar-refractivity contribution >= 4 is 11.9 Å². The third-order valence-corrected chi connectivity index (χ3v) is 13.2. The van der Waals surface area contributed by atoms with Gasteiger partial charge in [0, 0.05) is 17.9 Å². The molecular weight excluding hydrogens is 713 g/mol. The maximum atomic E-state index is 12.1. The topological polar surface area (TPSA) is 80.3 Å². The highest BCUT2D eigenvalue weighted by molar-refractivity contribution is 5.68. The van der Waals surface area contributed by atoms with E-state index in [1.807, 2.05) is 0 Å². The second kappa shape index (κ2) is 48.6. The lowest BCUT2D eigenvalue weighted by Gasteiger charge is -2.28. The lowest BCUT2D eigenvalue weighted by molar-refractivity contribution is -0.314. The summed E-state index contributed by atoms with van der Waals surface area (Å²) in [4.78, 5) is 23.4. The van der Waals surface area contributed by atoms with Gasteiger partial charge < -0.3 is 19.8 Å². The van der Waals surface area contributed by atoms with Gasteiger partial charge in [-0.25, -0.2) is 0 Å². The number of hydrogen-bond acceptors (Lipinski definition) is 4. The predicted octanol–water partition coefficient (Wildman–Crippen LogP) is 16.4. The van der Waals surface area contributed by atoms with Crippen LogP contribution in [-0.4, -0.2) is 11.9 Å². The van der Waals surface area contributed by atoms with Crippen molar-refractivity contribution in [1.29, 1.82) is 0 Å². The molecule has 0 N–H and O–H groups in total. The van der Waals surface area contributed by atoms with E-state index in [1.54, 1.807) is 0 Å². The molecule has 0 radical (unpaired) electrons. The molecule has 4 heteroatoms. The van der Waals surface area contributed by atoms with Gasteiger partial charge in [0.1, 0.15) is 0 Å². The largest absolute Gasteiger partial charge is 0.550 e. The number of carboxylic acids is 2. The molecule has 0 aliphatic heterocycles. The highest BCUT2D eigenvalue weighted by atomic mass is 16.4. The first-order chi connectivity index (χ1) is 28.3. The van der Waals surface area contributed by atoms with Crippen LogP contribution < -0.4 is 10.2 Å². The summed E-state index contributed by atoms with van der Waals surface area (Å²) in [5.41, 5.74) is 0. The molecule has 0 aromatic heterocycles. The normalized spacial score (nSPS) is 13.5. The van der Waals surface area contributed by atoms with Gasteiger partial charge in [-0.2, -0.15) is 0 Å². The smallest absolute Gasteiger partial charge is 0.0448 e. The summed E-state index contributed by atoms with van der Waals surface area (Å²) in [6, 6.07) is 0. The third kappa shape index (κ3) is 41.7. The van der Waals surface area contributed by atoms with E-state index in [-0.39, 0.29) is 11.8 Å². The first-order valence-corrected chi connectivity index (χ1v) is 26.7. The molecule has 4 unspecified atom stereocenters. The molecule has 58 heavy (non-hydrogen) atoms. The summed E-state index contributed by atoms with van der Waals surface area (Å²) < 4.78 is 0. The van der Waals surface area contributed by atoms with Crippen molar-refractivity contribution in [1.82, 2.24) is 0 Å². The van der Waals surface area contributed by atoms with E-state index in [0.29, 0.717) is 11.8 Å². The van der Waals surface area contributed by atoms with Crippen molar-refractivity contribution in [2.24, 2.45) is 23.7 Å². The molecule has 0 aliphatic rings. The van der Waals surface area contributed by atoms with Crippen molar-refractivity contribution in [3.05, 3.63) is 0 Å². The zero-order valence-corrected chi connectivity index (χ0v) is 40.6. The molecule has 0 aliphatic carbocycles. The molecule has 0 aromatic rings. The molecule has 0 fully saturated rings. The van der Waals surface area contributed by atoms with Crippen LogP contribution in [0.3, 0.4) is 0 Å². The Balaban J connectivity index is 0. The second-order valence-corrected chi connectivity index (χ2v) is 18.8. The molecule has 0 rings (SSSR count). The van der Waals surface area contributed by atoms with Crippen molar-refractivity contribution in [2.75, 3.05) is 0 Å². The molecule has 0 saturated carbocycles. The van der Waals surface area contributed by atoms with Gasteiger partial charge in [0.25, 0.3) is 0 Å². The molecular formula is C54H106O4-2. The Kier molecular flexibility index (Phi) is 49.5. The molecule has 348 valence electrons. The minimum atomic E-state index is -0.821. The van der Waals surface area contributed by atoms with Crippen LogP contribution in [0.5, 0.6) is 0 Å². The van der Waals surface area contributed by atoms with Crippen molar-refractivity contribution in [3.63, 3.8) is 0 Å². The number of unbranched alkanes of at least 4 members (excludes halogenated alkanes) is 30. The molecule has 0 heterocycles. The number of aliphatic carboxylic acids is 2. The van der Waals surface area contributed by atoms with Crippen LogP contribution in [0.4, 0.5) is 0 Å². The Morgan fingerprint density at radius 2 is 0.621 bits per heavy atom. The highest BCUT2D eigenvalue weighted by Crippen LogP contribution is 2.30. The number of carbonyl (C=O) groups excluding carboxylic acids is 2. The SMILES string of the molecule is CCCCCCCCCCC(CC(CC)CCCC)C(=O)[O-].CCCCCCCCCCCCCCCCC(C(=O)[O-])C(CCCCCC)CCCCCCCCC. The van der Waals surface area contributed by atoms with E-state index in [1.165, 1.54) is 218 Å². The fourth-order valence-electron chi connectivity index (χ4n) is 9.09. The summed E-state index contributed by atoms with van der Waals surface area (Å²) in [6.45, 7) is 13.4. The van der Waals surface area contributed by atoms with Crippen molar-refractivity contribution in [2.45, 2.75) is 311 Å². The number of rotatable bonds is 46. The summed E-state index contributed by atoms with van der Waals surface area (Å²) in [5.74, 6) is -1.13. The minimum absolute atomic E-state index is 0.218. The predicted molar refractivity (Wildman–Crippen MR) is 252 cm³/mol. The van der Waals surface area contributed by atoms with Crippen LogP contribution in [-0.2, 0) is 9.59 Å². The van der Waals surface area contributed by atoms with E-state index < -0.39 is 11.9 Å². The summed E-state index contributed by atoms with van der Waals surface area (Å²) in [5, 5.41) is 23.4. The summed E-state index contributed by atoms with van der Waals surface area (Å²) in [6.07, 6.45) is 52.5. The van der Waals surface area contributed by atoms with E-state index in [4.69, 9.17) is 0 Å². The Morgan fingerprint density at radius 3 is 0.931 bits per heavy atom. The van der Waals surface area contributed by atoms with Gasteiger partial charge in [-0.3, -0.25) is 0 Å².